The lowest BCUT2D eigenvalue weighted by molar-refractivity contribution is 0.0650. The molecule has 19 heavy (non-hydrogen) atoms. The Morgan fingerprint density at radius 1 is 1.58 bits per heavy atom. The molecule has 0 saturated heterocycles. The smallest absolute Gasteiger partial charge is 0.276 e. The molecule has 0 radical (unpaired) electrons. The van der Waals surface area contributed by atoms with Crippen LogP contribution in [0, 0.1) is 6.92 Å². The van der Waals surface area contributed by atoms with E-state index in [1.807, 2.05) is 4.90 Å². The van der Waals surface area contributed by atoms with Crippen LogP contribution in [-0.2, 0) is 6.42 Å². The van der Waals surface area contributed by atoms with Gasteiger partial charge in [-0.15, -0.1) is 11.3 Å². The molecule has 2 aromatic rings. The Morgan fingerprint density at radius 2 is 2.42 bits per heavy atom. The van der Waals surface area contributed by atoms with Gasteiger partial charge in [-0.3, -0.25) is 4.79 Å². The molecule has 3 rings (SSSR count). The first kappa shape index (κ1) is 12.3. The molecule has 1 atom stereocenters. The van der Waals surface area contributed by atoms with Crippen molar-refractivity contribution in [2.75, 3.05) is 6.54 Å². The number of thiophene rings is 1. The number of nitrogens with zero attached hydrogens (tertiary/aromatic N) is 3. The van der Waals surface area contributed by atoms with Crippen LogP contribution in [-0.4, -0.2) is 32.8 Å². The predicted octanol–water partition coefficient (Wildman–Crippen LogP) is 2.32. The van der Waals surface area contributed by atoms with Crippen LogP contribution in [0.5, 0.6) is 0 Å². The zero-order valence-electron chi connectivity index (χ0n) is 11.0. The molecule has 0 bridgehead atoms. The average molecular weight is 276 g/mol. The Kier molecular flexibility index (Phi) is 3.10. The van der Waals surface area contributed by atoms with Gasteiger partial charge in [0.05, 0.1) is 11.7 Å². The van der Waals surface area contributed by atoms with E-state index in [-0.39, 0.29) is 11.9 Å². The summed E-state index contributed by atoms with van der Waals surface area (Å²) in [7, 11) is 0. The quantitative estimate of drug-likeness (QED) is 0.915. The number of nitrogens with one attached hydrogen (secondary N) is 1. The third-order valence-electron chi connectivity index (χ3n) is 3.67. The van der Waals surface area contributed by atoms with Gasteiger partial charge < -0.3 is 4.90 Å². The molecule has 0 spiro atoms. The van der Waals surface area contributed by atoms with Gasteiger partial charge in [-0.25, -0.2) is 0 Å². The molecular formula is C13H16N4OS. The number of aromatic amines is 1. The normalized spacial score (nSPS) is 18.4. The van der Waals surface area contributed by atoms with Gasteiger partial charge in [0.1, 0.15) is 0 Å². The summed E-state index contributed by atoms with van der Waals surface area (Å²) < 4.78 is 0. The number of fused-ring (bicyclic) bond motifs is 1. The molecular weight excluding hydrogens is 260 g/mol. The number of hydrogen-bond donors (Lipinski definition) is 1. The minimum absolute atomic E-state index is 0.0186. The first-order chi connectivity index (χ1) is 9.22. The first-order valence-corrected chi connectivity index (χ1v) is 7.35. The second-order valence-electron chi connectivity index (χ2n) is 4.73. The third kappa shape index (κ3) is 1.96. The van der Waals surface area contributed by atoms with E-state index in [0.29, 0.717) is 11.4 Å². The standard InChI is InChI=1S/C13H16N4OS/c1-3-10-9-5-7-19-11(9)4-6-17(10)13(18)12-8(2)14-16-15-12/h5,7,10H,3-4,6H2,1-2H3,(H,14,15,16). The van der Waals surface area contributed by atoms with Crippen LogP contribution >= 0.6 is 11.3 Å². The number of hydrogen-bond acceptors (Lipinski definition) is 4. The van der Waals surface area contributed by atoms with Crippen molar-refractivity contribution in [2.45, 2.75) is 32.7 Å². The second kappa shape index (κ2) is 4.77. The topological polar surface area (TPSA) is 61.9 Å². The second-order valence-corrected chi connectivity index (χ2v) is 5.73. The fourth-order valence-electron chi connectivity index (χ4n) is 2.70. The minimum atomic E-state index is -0.0186. The molecule has 0 aliphatic carbocycles. The molecule has 1 aliphatic heterocycles. The van der Waals surface area contributed by atoms with Crippen molar-refractivity contribution in [1.82, 2.24) is 20.3 Å². The Hall–Kier alpha value is -1.69. The number of carbonyl (C=O) groups excluding carboxylic acids is 1. The van der Waals surface area contributed by atoms with Gasteiger partial charge >= 0.3 is 0 Å². The summed E-state index contributed by atoms with van der Waals surface area (Å²) >= 11 is 1.79. The summed E-state index contributed by atoms with van der Waals surface area (Å²) in [6, 6.07) is 2.31. The Labute approximate surface area is 115 Å². The zero-order valence-corrected chi connectivity index (χ0v) is 11.8. The van der Waals surface area contributed by atoms with Crippen LogP contribution in [0.15, 0.2) is 11.4 Å². The molecule has 5 nitrogen and oxygen atoms in total. The largest absolute Gasteiger partial charge is 0.330 e. The number of carbonyl (C=O) groups is 1. The van der Waals surface area contributed by atoms with E-state index in [1.165, 1.54) is 10.4 Å². The van der Waals surface area contributed by atoms with Crippen LogP contribution in [0.2, 0.25) is 0 Å². The van der Waals surface area contributed by atoms with Gasteiger partial charge in [-0.05, 0) is 36.8 Å². The summed E-state index contributed by atoms with van der Waals surface area (Å²) in [4.78, 5) is 15.9. The van der Waals surface area contributed by atoms with E-state index in [1.54, 1.807) is 18.3 Å². The molecule has 0 aromatic carbocycles. The molecule has 1 amide bonds. The molecule has 100 valence electrons. The van der Waals surface area contributed by atoms with E-state index in [9.17, 15) is 4.79 Å². The first-order valence-electron chi connectivity index (χ1n) is 6.47. The number of aromatic nitrogens is 3. The highest BCUT2D eigenvalue weighted by Crippen LogP contribution is 2.35. The molecule has 1 N–H and O–H groups in total. The molecule has 6 heteroatoms. The van der Waals surface area contributed by atoms with Crippen LogP contribution in [0.25, 0.3) is 0 Å². The highest BCUT2D eigenvalue weighted by atomic mass is 32.1. The van der Waals surface area contributed by atoms with Crippen LogP contribution in [0.1, 0.15) is 46.0 Å². The molecule has 1 unspecified atom stereocenters. The minimum Gasteiger partial charge on any atom is -0.330 e. The molecule has 0 saturated carbocycles. The van der Waals surface area contributed by atoms with Crippen molar-refractivity contribution in [2.24, 2.45) is 0 Å². The summed E-state index contributed by atoms with van der Waals surface area (Å²) in [6.07, 6.45) is 1.86. The van der Waals surface area contributed by atoms with Gasteiger partial charge in [0.2, 0.25) is 0 Å². The summed E-state index contributed by atoms with van der Waals surface area (Å²) in [6.45, 7) is 4.68. The Bertz CT molecular complexity index is 603. The van der Waals surface area contributed by atoms with Crippen molar-refractivity contribution in [3.63, 3.8) is 0 Å². The van der Waals surface area contributed by atoms with Crippen molar-refractivity contribution in [1.29, 1.82) is 0 Å². The van der Waals surface area contributed by atoms with Gasteiger partial charge in [0.15, 0.2) is 5.69 Å². The highest BCUT2D eigenvalue weighted by Gasteiger charge is 2.32. The molecule has 3 heterocycles. The number of rotatable bonds is 2. The van der Waals surface area contributed by atoms with E-state index < -0.39 is 0 Å². The van der Waals surface area contributed by atoms with Gasteiger partial charge in [0, 0.05) is 11.4 Å². The Balaban J connectivity index is 1.94. The van der Waals surface area contributed by atoms with Gasteiger partial charge in [0.25, 0.3) is 5.91 Å². The Morgan fingerprint density at radius 3 is 3.11 bits per heavy atom. The number of aryl methyl sites for hydroxylation is 1. The van der Waals surface area contributed by atoms with Crippen molar-refractivity contribution >= 4 is 17.2 Å². The van der Waals surface area contributed by atoms with Crippen molar-refractivity contribution < 1.29 is 4.79 Å². The van der Waals surface area contributed by atoms with E-state index >= 15 is 0 Å². The van der Waals surface area contributed by atoms with Crippen LogP contribution in [0.4, 0.5) is 0 Å². The number of H-pyrrole nitrogens is 1. The lowest BCUT2D eigenvalue weighted by atomic mass is 9.97. The summed E-state index contributed by atoms with van der Waals surface area (Å²) in [5, 5.41) is 12.5. The lowest BCUT2D eigenvalue weighted by Gasteiger charge is -2.35. The SMILES string of the molecule is CCC1c2ccsc2CCN1C(=O)c1n[nH]nc1C. The fourth-order valence-corrected chi connectivity index (χ4v) is 3.63. The highest BCUT2D eigenvalue weighted by molar-refractivity contribution is 7.10. The number of amides is 1. The van der Waals surface area contributed by atoms with Crippen molar-refractivity contribution in [3.8, 4) is 0 Å². The average Bonchev–Trinajstić information content (AvgIpc) is 3.04. The van der Waals surface area contributed by atoms with E-state index in [4.69, 9.17) is 0 Å². The third-order valence-corrected chi connectivity index (χ3v) is 4.66. The molecule has 0 fully saturated rings. The monoisotopic (exact) mass is 276 g/mol. The van der Waals surface area contributed by atoms with Crippen molar-refractivity contribution in [3.05, 3.63) is 33.3 Å². The van der Waals surface area contributed by atoms with Crippen LogP contribution < -0.4 is 0 Å². The predicted molar refractivity (Wildman–Crippen MR) is 73.2 cm³/mol. The van der Waals surface area contributed by atoms with Gasteiger partial charge in [-0.2, -0.15) is 15.4 Å². The zero-order chi connectivity index (χ0) is 13.4. The maximum absolute atomic E-state index is 12.6. The van der Waals surface area contributed by atoms with Crippen LogP contribution in [0.3, 0.4) is 0 Å². The molecule has 2 aromatic heterocycles. The summed E-state index contributed by atoms with van der Waals surface area (Å²) in [5.74, 6) is -0.0186. The maximum Gasteiger partial charge on any atom is 0.276 e. The summed E-state index contributed by atoms with van der Waals surface area (Å²) in [5.41, 5.74) is 2.40. The van der Waals surface area contributed by atoms with Gasteiger partial charge in [-0.1, -0.05) is 6.92 Å². The van der Waals surface area contributed by atoms with E-state index in [2.05, 4.69) is 33.8 Å². The maximum atomic E-state index is 12.6. The lowest BCUT2D eigenvalue weighted by Crippen LogP contribution is -2.39. The fraction of sp³-hybridized carbons (Fsp3) is 0.462. The van der Waals surface area contributed by atoms with E-state index in [0.717, 1.165) is 19.4 Å². The molecule has 1 aliphatic rings.